The number of amides is 2. The summed E-state index contributed by atoms with van der Waals surface area (Å²) in [6.07, 6.45) is 0.692. The minimum Gasteiger partial charge on any atom is -0.347 e. The Morgan fingerprint density at radius 2 is 2.11 bits per heavy atom. The van der Waals surface area contributed by atoms with E-state index in [9.17, 15) is 9.59 Å². The third kappa shape index (κ3) is 4.19. The van der Waals surface area contributed by atoms with Crippen molar-refractivity contribution >= 4 is 34.8 Å². The summed E-state index contributed by atoms with van der Waals surface area (Å²) in [5, 5.41) is 5.79. The van der Waals surface area contributed by atoms with Crippen LogP contribution in [-0.4, -0.2) is 49.4 Å². The standard InChI is InChI=1S/C12H16ClN3O2S/c13-10-2-1-9(19-10)3-4-15-11(17)12(18)16-7-5-14-6-8-16/h1-2,14H,3-8H2,(H,15,17). The van der Waals surface area contributed by atoms with Crippen LogP contribution in [0.1, 0.15) is 4.88 Å². The van der Waals surface area contributed by atoms with E-state index in [2.05, 4.69) is 10.6 Å². The van der Waals surface area contributed by atoms with Gasteiger partial charge in [-0.1, -0.05) is 11.6 Å². The molecule has 2 N–H and O–H groups in total. The normalized spacial score (nSPS) is 15.3. The van der Waals surface area contributed by atoms with Crippen molar-refractivity contribution in [3.63, 3.8) is 0 Å². The van der Waals surface area contributed by atoms with Gasteiger partial charge in [-0.3, -0.25) is 9.59 Å². The van der Waals surface area contributed by atoms with Crippen LogP contribution in [0.5, 0.6) is 0 Å². The minimum absolute atomic E-state index is 0.439. The van der Waals surface area contributed by atoms with Gasteiger partial charge >= 0.3 is 11.8 Å². The summed E-state index contributed by atoms with van der Waals surface area (Å²) < 4.78 is 0.734. The molecule has 1 aromatic rings. The third-order valence-electron chi connectivity index (χ3n) is 2.88. The van der Waals surface area contributed by atoms with Crippen LogP contribution in [0.3, 0.4) is 0 Å². The molecule has 1 fully saturated rings. The van der Waals surface area contributed by atoms with Crippen molar-refractivity contribution in [2.24, 2.45) is 0 Å². The maximum atomic E-state index is 11.8. The largest absolute Gasteiger partial charge is 0.347 e. The van der Waals surface area contributed by atoms with Gasteiger partial charge in [0.1, 0.15) is 0 Å². The summed E-state index contributed by atoms with van der Waals surface area (Å²) in [6, 6.07) is 3.76. The van der Waals surface area contributed by atoms with E-state index in [0.29, 0.717) is 26.1 Å². The van der Waals surface area contributed by atoms with Crippen molar-refractivity contribution in [1.82, 2.24) is 15.5 Å². The number of hydrogen-bond donors (Lipinski definition) is 2. The van der Waals surface area contributed by atoms with Gasteiger partial charge < -0.3 is 15.5 Å². The molecule has 0 radical (unpaired) electrons. The Kier molecular flexibility index (Phi) is 5.18. The van der Waals surface area contributed by atoms with E-state index in [1.165, 1.54) is 11.3 Å². The zero-order valence-electron chi connectivity index (χ0n) is 10.4. The number of halogens is 1. The summed E-state index contributed by atoms with van der Waals surface area (Å²) in [5.74, 6) is -0.963. The lowest BCUT2D eigenvalue weighted by atomic mass is 10.3. The maximum Gasteiger partial charge on any atom is 0.311 e. The molecular formula is C12H16ClN3O2S. The molecule has 104 valence electrons. The highest BCUT2D eigenvalue weighted by Crippen LogP contribution is 2.21. The third-order valence-corrected chi connectivity index (χ3v) is 4.18. The first-order valence-electron chi connectivity index (χ1n) is 6.19. The summed E-state index contributed by atoms with van der Waals surface area (Å²) in [7, 11) is 0. The Balaban J connectivity index is 1.72. The fourth-order valence-electron chi connectivity index (χ4n) is 1.87. The second-order valence-corrected chi connectivity index (χ2v) is 6.05. The van der Waals surface area contributed by atoms with Crippen LogP contribution in [0.2, 0.25) is 4.34 Å². The second-order valence-electron chi connectivity index (χ2n) is 4.25. The van der Waals surface area contributed by atoms with Gasteiger partial charge in [0.25, 0.3) is 0 Å². The van der Waals surface area contributed by atoms with Crippen molar-refractivity contribution in [2.45, 2.75) is 6.42 Å². The summed E-state index contributed by atoms with van der Waals surface area (Å²) in [4.78, 5) is 26.2. The van der Waals surface area contributed by atoms with Crippen molar-refractivity contribution in [3.05, 3.63) is 21.3 Å². The number of rotatable bonds is 3. The van der Waals surface area contributed by atoms with Gasteiger partial charge in [-0.15, -0.1) is 11.3 Å². The molecule has 7 heteroatoms. The Morgan fingerprint density at radius 3 is 2.74 bits per heavy atom. The van der Waals surface area contributed by atoms with E-state index in [1.807, 2.05) is 12.1 Å². The lowest BCUT2D eigenvalue weighted by Crippen LogP contribution is -2.51. The average Bonchev–Trinajstić information content (AvgIpc) is 2.84. The molecule has 0 spiro atoms. The maximum absolute atomic E-state index is 11.8. The molecule has 1 aliphatic heterocycles. The Bertz CT molecular complexity index is 458. The average molecular weight is 302 g/mol. The number of carbonyl (C=O) groups excluding carboxylic acids is 2. The Hall–Kier alpha value is -1.11. The zero-order chi connectivity index (χ0) is 13.7. The Morgan fingerprint density at radius 1 is 1.37 bits per heavy atom. The molecule has 1 saturated heterocycles. The molecule has 0 aromatic carbocycles. The van der Waals surface area contributed by atoms with Crippen molar-refractivity contribution in [1.29, 1.82) is 0 Å². The molecular weight excluding hydrogens is 286 g/mol. The topological polar surface area (TPSA) is 61.4 Å². The first-order chi connectivity index (χ1) is 9.16. The number of carbonyl (C=O) groups is 2. The van der Waals surface area contributed by atoms with E-state index in [4.69, 9.17) is 11.6 Å². The highest BCUT2D eigenvalue weighted by atomic mass is 35.5. The van der Waals surface area contributed by atoms with Gasteiger partial charge in [-0.2, -0.15) is 0 Å². The van der Waals surface area contributed by atoms with E-state index in [1.54, 1.807) is 4.90 Å². The van der Waals surface area contributed by atoms with Gasteiger partial charge in [0.15, 0.2) is 0 Å². The fourth-order valence-corrected chi connectivity index (χ4v) is 2.96. The van der Waals surface area contributed by atoms with Gasteiger partial charge in [-0.25, -0.2) is 0 Å². The van der Waals surface area contributed by atoms with Crippen LogP contribution >= 0.6 is 22.9 Å². The highest BCUT2D eigenvalue weighted by Gasteiger charge is 2.22. The van der Waals surface area contributed by atoms with Crippen LogP contribution in [0.15, 0.2) is 12.1 Å². The van der Waals surface area contributed by atoms with E-state index in [-0.39, 0.29) is 0 Å². The summed E-state index contributed by atoms with van der Waals surface area (Å²) >= 11 is 7.30. The lowest BCUT2D eigenvalue weighted by Gasteiger charge is -2.26. The lowest BCUT2D eigenvalue weighted by molar-refractivity contribution is -0.146. The highest BCUT2D eigenvalue weighted by molar-refractivity contribution is 7.16. The molecule has 2 amide bonds. The van der Waals surface area contributed by atoms with Crippen LogP contribution < -0.4 is 10.6 Å². The summed E-state index contributed by atoms with van der Waals surface area (Å²) in [6.45, 7) is 3.12. The molecule has 0 saturated carbocycles. The van der Waals surface area contributed by atoms with Crippen LogP contribution in [0, 0.1) is 0 Å². The van der Waals surface area contributed by atoms with Gasteiger partial charge in [0, 0.05) is 37.6 Å². The molecule has 1 aromatic heterocycles. The summed E-state index contributed by atoms with van der Waals surface area (Å²) in [5.41, 5.74) is 0. The number of hydrogen-bond acceptors (Lipinski definition) is 4. The minimum atomic E-state index is -0.524. The van der Waals surface area contributed by atoms with Gasteiger partial charge in [-0.05, 0) is 18.6 Å². The number of nitrogens with zero attached hydrogens (tertiary/aromatic N) is 1. The molecule has 2 rings (SSSR count). The van der Waals surface area contributed by atoms with Crippen LogP contribution in [0.25, 0.3) is 0 Å². The molecule has 0 aliphatic carbocycles. The number of thiophene rings is 1. The monoisotopic (exact) mass is 301 g/mol. The molecule has 0 atom stereocenters. The first kappa shape index (κ1) is 14.3. The molecule has 0 bridgehead atoms. The quantitative estimate of drug-likeness (QED) is 0.799. The Labute approximate surface area is 120 Å². The van der Waals surface area contributed by atoms with E-state index >= 15 is 0 Å². The van der Waals surface area contributed by atoms with Crippen molar-refractivity contribution in [2.75, 3.05) is 32.7 Å². The van der Waals surface area contributed by atoms with E-state index < -0.39 is 11.8 Å². The SMILES string of the molecule is O=C(NCCc1ccc(Cl)s1)C(=O)N1CCNCC1. The number of nitrogens with one attached hydrogen (secondary N) is 2. The van der Waals surface area contributed by atoms with Gasteiger partial charge in [0.2, 0.25) is 0 Å². The predicted molar refractivity (Wildman–Crippen MR) is 75.5 cm³/mol. The smallest absolute Gasteiger partial charge is 0.311 e. The van der Waals surface area contributed by atoms with Crippen LogP contribution in [0.4, 0.5) is 0 Å². The van der Waals surface area contributed by atoms with Gasteiger partial charge in [0.05, 0.1) is 4.34 Å². The fraction of sp³-hybridized carbons (Fsp3) is 0.500. The molecule has 5 nitrogen and oxygen atoms in total. The van der Waals surface area contributed by atoms with E-state index in [0.717, 1.165) is 22.3 Å². The molecule has 0 unspecified atom stereocenters. The zero-order valence-corrected chi connectivity index (χ0v) is 12.0. The first-order valence-corrected chi connectivity index (χ1v) is 7.38. The van der Waals surface area contributed by atoms with Crippen molar-refractivity contribution in [3.8, 4) is 0 Å². The molecule has 1 aliphatic rings. The van der Waals surface area contributed by atoms with Crippen LogP contribution in [-0.2, 0) is 16.0 Å². The van der Waals surface area contributed by atoms with Crippen molar-refractivity contribution < 1.29 is 9.59 Å². The molecule has 2 heterocycles. The second kappa shape index (κ2) is 6.88. The predicted octanol–water partition coefficient (Wildman–Crippen LogP) is 0.492. The molecule has 19 heavy (non-hydrogen) atoms. The number of piperazine rings is 1.